The molecule has 0 aliphatic carbocycles. The van der Waals surface area contributed by atoms with Crippen molar-refractivity contribution < 1.29 is 4.42 Å². The molecule has 4 heteroatoms. The standard InChI is InChI=1S/C14H17BrN2O/c1-9-4-5-12(6-13(9)15)7-16-8-14-17-10(2)11(3)18-14/h4-6,16H,7-8H2,1-3H3. The van der Waals surface area contributed by atoms with E-state index in [1.807, 2.05) is 13.8 Å². The minimum atomic E-state index is 0.653. The Hall–Kier alpha value is -1.13. The molecule has 0 amide bonds. The quantitative estimate of drug-likeness (QED) is 0.937. The molecule has 0 aliphatic heterocycles. The van der Waals surface area contributed by atoms with Crippen LogP contribution in [0, 0.1) is 20.8 Å². The second-order valence-electron chi connectivity index (χ2n) is 4.44. The molecule has 0 fully saturated rings. The van der Waals surface area contributed by atoms with Crippen LogP contribution in [-0.4, -0.2) is 4.98 Å². The molecule has 0 unspecified atom stereocenters. The maximum Gasteiger partial charge on any atom is 0.208 e. The van der Waals surface area contributed by atoms with Gasteiger partial charge in [0.25, 0.3) is 0 Å². The normalized spacial score (nSPS) is 10.9. The summed E-state index contributed by atoms with van der Waals surface area (Å²) in [6.07, 6.45) is 0. The van der Waals surface area contributed by atoms with E-state index >= 15 is 0 Å². The summed E-state index contributed by atoms with van der Waals surface area (Å²) >= 11 is 3.54. The molecule has 0 aliphatic rings. The Labute approximate surface area is 116 Å². The first-order valence-electron chi connectivity index (χ1n) is 5.95. The monoisotopic (exact) mass is 308 g/mol. The highest BCUT2D eigenvalue weighted by atomic mass is 79.9. The summed E-state index contributed by atoms with van der Waals surface area (Å²) in [6, 6.07) is 6.37. The van der Waals surface area contributed by atoms with Gasteiger partial charge in [0, 0.05) is 11.0 Å². The van der Waals surface area contributed by atoms with Crippen molar-refractivity contribution in [3.63, 3.8) is 0 Å². The van der Waals surface area contributed by atoms with E-state index in [1.54, 1.807) is 0 Å². The third-order valence-electron chi connectivity index (χ3n) is 2.91. The summed E-state index contributed by atoms with van der Waals surface area (Å²) in [6.45, 7) is 7.43. The zero-order valence-corrected chi connectivity index (χ0v) is 12.5. The zero-order chi connectivity index (χ0) is 13.1. The average Bonchev–Trinajstić information content (AvgIpc) is 2.63. The highest BCUT2D eigenvalue weighted by Gasteiger charge is 2.04. The summed E-state index contributed by atoms with van der Waals surface area (Å²) in [7, 11) is 0. The van der Waals surface area contributed by atoms with Crippen molar-refractivity contribution in [2.24, 2.45) is 0 Å². The first-order chi connectivity index (χ1) is 8.56. The Morgan fingerprint density at radius 3 is 2.61 bits per heavy atom. The maximum absolute atomic E-state index is 5.51. The molecule has 1 heterocycles. The lowest BCUT2D eigenvalue weighted by Crippen LogP contribution is -2.12. The molecule has 0 bridgehead atoms. The van der Waals surface area contributed by atoms with Crippen LogP contribution in [0.1, 0.15) is 28.5 Å². The highest BCUT2D eigenvalue weighted by molar-refractivity contribution is 9.10. The number of oxazole rings is 1. The van der Waals surface area contributed by atoms with E-state index in [1.165, 1.54) is 11.1 Å². The van der Waals surface area contributed by atoms with E-state index < -0.39 is 0 Å². The lowest BCUT2D eigenvalue weighted by Gasteiger charge is -2.05. The third kappa shape index (κ3) is 3.21. The second kappa shape index (κ2) is 5.67. The van der Waals surface area contributed by atoms with Gasteiger partial charge < -0.3 is 9.73 Å². The minimum absolute atomic E-state index is 0.653. The largest absolute Gasteiger partial charge is 0.444 e. The van der Waals surface area contributed by atoms with E-state index in [0.29, 0.717) is 6.54 Å². The summed E-state index contributed by atoms with van der Waals surface area (Å²) in [5.41, 5.74) is 3.45. The molecular weight excluding hydrogens is 292 g/mol. The Bertz CT molecular complexity index is 529. The van der Waals surface area contributed by atoms with Crippen LogP contribution in [-0.2, 0) is 13.1 Å². The lowest BCUT2D eigenvalue weighted by molar-refractivity contribution is 0.448. The third-order valence-corrected chi connectivity index (χ3v) is 3.77. The van der Waals surface area contributed by atoms with Crippen molar-refractivity contribution in [3.05, 3.63) is 51.1 Å². The molecule has 1 N–H and O–H groups in total. The van der Waals surface area contributed by atoms with Crippen molar-refractivity contribution in [3.8, 4) is 0 Å². The van der Waals surface area contributed by atoms with Gasteiger partial charge in [-0.15, -0.1) is 0 Å². The molecule has 0 radical (unpaired) electrons. The first kappa shape index (κ1) is 13.3. The molecular formula is C14H17BrN2O. The number of nitrogens with one attached hydrogen (secondary N) is 1. The van der Waals surface area contributed by atoms with Gasteiger partial charge in [-0.3, -0.25) is 0 Å². The second-order valence-corrected chi connectivity index (χ2v) is 5.29. The van der Waals surface area contributed by atoms with Crippen LogP contribution in [0.2, 0.25) is 0 Å². The number of aryl methyl sites for hydroxylation is 3. The Morgan fingerprint density at radius 1 is 1.22 bits per heavy atom. The minimum Gasteiger partial charge on any atom is -0.444 e. The van der Waals surface area contributed by atoms with Crippen LogP contribution < -0.4 is 5.32 Å². The SMILES string of the molecule is Cc1ccc(CNCc2nc(C)c(C)o2)cc1Br. The summed E-state index contributed by atoms with van der Waals surface area (Å²) < 4.78 is 6.66. The number of aromatic nitrogens is 1. The molecule has 1 aromatic carbocycles. The van der Waals surface area contributed by atoms with Crippen molar-refractivity contribution in [2.75, 3.05) is 0 Å². The number of hydrogen-bond acceptors (Lipinski definition) is 3. The van der Waals surface area contributed by atoms with Crippen LogP contribution >= 0.6 is 15.9 Å². The van der Waals surface area contributed by atoms with E-state index in [0.717, 1.165) is 28.4 Å². The molecule has 3 nitrogen and oxygen atoms in total. The van der Waals surface area contributed by atoms with Crippen LogP contribution in [0.3, 0.4) is 0 Å². The van der Waals surface area contributed by atoms with Crippen LogP contribution in [0.4, 0.5) is 0 Å². The van der Waals surface area contributed by atoms with Gasteiger partial charge >= 0.3 is 0 Å². The number of nitrogens with zero attached hydrogens (tertiary/aromatic N) is 1. The van der Waals surface area contributed by atoms with Gasteiger partial charge in [-0.05, 0) is 38.0 Å². The van der Waals surface area contributed by atoms with Gasteiger partial charge in [0.1, 0.15) is 5.76 Å². The number of halogens is 1. The number of rotatable bonds is 4. The molecule has 0 atom stereocenters. The molecule has 2 rings (SSSR count). The lowest BCUT2D eigenvalue weighted by atomic mass is 10.1. The van der Waals surface area contributed by atoms with Crippen molar-refractivity contribution in [1.82, 2.24) is 10.3 Å². The zero-order valence-electron chi connectivity index (χ0n) is 10.9. The fraction of sp³-hybridized carbons (Fsp3) is 0.357. The molecule has 0 saturated heterocycles. The van der Waals surface area contributed by atoms with Gasteiger partial charge in [0.2, 0.25) is 5.89 Å². The number of benzene rings is 1. The predicted molar refractivity (Wildman–Crippen MR) is 75.4 cm³/mol. The Balaban J connectivity index is 1.90. The summed E-state index contributed by atoms with van der Waals surface area (Å²) in [5.74, 6) is 1.64. The van der Waals surface area contributed by atoms with Crippen LogP contribution in [0.25, 0.3) is 0 Å². The number of hydrogen-bond donors (Lipinski definition) is 1. The molecule has 1 aromatic heterocycles. The topological polar surface area (TPSA) is 38.1 Å². The molecule has 18 heavy (non-hydrogen) atoms. The Morgan fingerprint density at radius 2 is 2.00 bits per heavy atom. The fourth-order valence-electron chi connectivity index (χ4n) is 1.67. The van der Waals surface area contributed by atoms with Gasteiger partial charge in [-0.1, -0.05) is 28.1 Å². The van der Waals surface area contributed by atoms with E-state index in [2.05, 4.69) is 51.4 Å². The highest BCUT2D eigenvalue weighted by Crippen LogP contribution is 2.17. The molecule has 2 aromatic rings. The van der Waals surface area contributed by atoms with Crippen molar-refractivity contribution in [2.45, 2.75) is 33.9 Å². The summed E-state index contributed by atoms with van der Waals surface area (Å²) in [5, 5.41) is 3.33. The van der Waals surface area contributed by atoms with Crippen molar-refractivity contribution in [1.29, 1.82) is 0 Å². The first-order valence-corrected chi connectivity index (χ1v) is 6.74. The molecule has 0 spiro atoms. The average molecular weight is 309 g/mol. The van der Waals surface area contributed by atoms with E-state index in [-0.39, 0.29) is 0 Å². The van der Waals surface area contributed by atoms with Gasteiger partial charge in [0.05, 0.1) is 12.2 Å². The van der Waals surface area contributed by atoms with Gasteiger partial charge in [-0.2, -0.15) is 0 Å². The van der Waals surface area contributed by atoms with Crippen LogP contribution in [0.5, 0.6) is 0 Å². The molecule has 0 saturated carbocycles. The van der Waals surface area contributed by atoms with Crippen LogP contribution in [0.15, 0.2) is 27.1 Å². The van der Waals surface area contributed by atoms with Crippen molar-refractivity contribution >= 4 is 15.9 Å². The van der Waals surface area contributed by atoms with E-state index in [4.69, 9.17) is 4.42 Å². The maximum atomic E-state index is 5.51. The van der Waals surface area contributed by atoms with Gasteiger partial charge in [0.15, 0.2) is 0 Å². The summed E-state index contributed by atoms with van der Waals surface area (Å²) in [4.78, 5) is 4.33. The fourth-order valence-corrected chi connectivity index (χ4v) is 2.10. The van der Waals surface area contributed by atoms with Gasteiger partial charge in [-0.25, -0.2) is 4.98 Å². The van der Waals surface area contributed by atoms with E-state index in [9.17, 15) is 0 Å². The smallest absolute Gasteiger partial charge is 0.208 e. The molecule has 96 valence electrons. The Kier molecular flexibility index (Phi) is 4.19. The predicted octanol–water partition coefficient (Wildman–Crippen LogP) is 3.65.